The van der Waals surface area contributed by atoms with Crippen LogP contribution in [0.15, 0.2) is 28.7 Å². The van der Waals surface area contributed by atoms with Crippen molar-refractivity contribution in [3.05, 3.63) is 34.3 Å². The van der Waals surface area contributed by atoms with E-state index in [-0.39, 0.29) is 30.3 Å². The van der Waals surface area contributed by atoms with Gasteiger partial charge in [0.05, 0.1) is 12.1 Å². The van der Waals surface area contributed by atoms with Crippen molar-refractivity contribution in [1.29, 1.82) is 0 Å². The highest BCUT2D eigenvalue weighted by molar-refractivity contribution is 9.10. The molecule has 1 unspecified atom stereocenters. The van der Waals surface area contributed by atoms with Gasteiger partial charge in [0.2, 0.25) is 11.8 Å². The fourth-order valence-corrected chi connectivity index (χ4v) is 2.50. The van der Waals surface area contributed by atoms with Crippen molar-refractivity contribution in [2.24, 2.45) is 0 Å². The molecule has 0 saturated carbocycles. The minimum atomic E-state index is -0.311. The van der Waals surface area contributed by atoms with Crippen LogP contribution in [0, 0.1) is 0 Å². The Morgan fingerprint density at radius 3 is 2.76 bits per heavy atom. The van der Waals surface area contributed by atoms with Crippen LogP contribution >= 0.6 is 15.9 Å². The fraction of sp³-hybridized carbons (Fsp3) is 0.357. The Balaban J connectivity index is 1.77. The molecular weight excluding hydrogens is 338 g/mol. The predicted octanol–water partition coefficient (Wildman–Crippen LogP) is 0.574. The zero-order valence-electron chi connectivity index (χ0n) is 11.3. The number of amides is 3. The van der Waals surface area contributed by atoms with Crippen LogP contribution in [0.5, 0.6) is 0 Å². The molecule has 1 atom stereocenters. The van der Waals surface area contributed by atoms with E-state index in [9.17, 15) is 14.4 Å². The van der Waals surface area contributed by atoms with Gasteiger partial charge in [-0.2, -0.15) is 0 Å². The second-order valence-electron chi connectivity index (χ2n) is 4.77. The van der Waals surface area contributed by atoms with Gasteiger partial charge >= 0.3 is 0 Å². The van der Waals surface area contributed by atoms with Crippen LogP contribution < -0.4 is 16.0 Å². The molecule has 3 amide bonds. The second-order valence-corrected chi connectivity index (χ2v) is 5.62. The smallest absolute Gasteiger partial charge is 0.252 e. The summed E-state index contributed by atoms with van der Waals surface area (Å²) in [6.07, 6.45) is 1.03. The molecule has 21 heavy (non-hydrogen) atoms. The van der Waals surface area contributed by atoms with Crippen LogP contribution in [-0.2, 0) is 9.59 Å². The van der Waals surface area contributed by atoms with Crippen molar-refractivity contribution in [2.45, 2.75) is 18.9 Å². The molecule has 112 valence electrons. The van der Waals surface area contributed by atoms with Crippen molar-refractivity contribution < 1.29 is 14.4 Å². The fourth-order valence-electron chi connectivity index (χ4n) is 2.04. The molecule has 0 aromatic heterocycles. The number of piperidine rings is 1. The van der Waals surface area contributed by atoms with Crippen LogP contribution in [0.3, 0.4) is 0 Å². The highest BCUT2D eigenvalue weighted by Crippen LogP contribution is 2.15. The quantitative estimate of drug-likeness (QED) is 0.739. The minimum absolute atomic E-state index is 0.00253. The van der Waals surface area contributed by atoms with Crippen LogP contribution in [-0.4, -0.2) is 36.9 Å². The molecule has 0 radical (unpaired) electrons. The van der Waals surface area contributed by atoms with E-state index in [1.54, 1.807) is 18.2 Å². The molecule has 1 aromatic carbocycles. The van der Waals surface area contributed by atoms with Crippen LogP contribution in [0.4, 0.5) is 0 Å². The Morgan fingerprint density at radius 2 is 2.10 bits per heavy atom. The molecule has 3 N–H and O–H groups in total. The average molecular weight is 354 g/mol. The lowest BCUT2D eigenvalue weighted by atomic mass is 10.1. The summed E-state index contributed by atoms with van der Waals surface area (Å²) in [4.78, 5) is 34.7. The zero-order chi connectivity index (χ0) is 15.2. The molecule has 0 spiro atoms. The molecule has 1 aliphatic heterocycles. The van der Waals surface area contributed by atoms with Crippen LogP contribution in [0.1, 0.15) is 23.2 Å². The third kappa shape index (κ3) is 4.56. The van der Waals surface area contributed by atoms with Crippen molar-refractivity contribution >= 4 is 33.7 Å². The standard InChI is InChI=1S/C14H16BrN3O3/c15-11-4-2-1-3-10(11)14(21)17-8-13(20)18-9-5-6-12(19)16-7-9/h1-4,9H,5-8H2,(H,16,19)(H,17,21)(H,18,20). The number of rotatable bonds is 4. The van der Waals surface area contributed by atoms with Gasteiger partial charge in [0.15, 0.2) is 0 Å². The summed E-state index contributed by atoms with van der Waals surface area (Å²) >= 11 is 3.29. The number of hydrogen-bond acceptors (Lipinski definition) is 3. The summed E-state index contributed by atoms with van der Waals surface area (Å²) in [6.45, 7) is 0.341. The Morgan fingerprint density at radius 1 is 1.33 bits per heavy atom. The Hall–Kier alpha value is -1.89. The first kappa shape index (κ1) is 15.5. The number of carbonyl (C=O) groups is 3. The molecule has 0 aliphatic carbocycles. The molecule has 1 heterocycles. The SMILES string of the molecule is O=C1CCC(NC(=O)CNC(=O)c2ccccc2Br)CN1. The first-order chi connectivity index (χ1) is 10.1. The van der Waals surface area contributed by atoms with E-state index < -0.39 is 0 Å². The molecule has 1 saturated heterocycles. The normalized spacial score (nSPS) is 17.8. The van der Waals surface area contributed by atoms with Gasteiger partial charge in [-0.25, -0.2) is 0 Å². The zero-order valence-corrected chi connectivity index (χ0v) is 12.9. The van der Waals surface area contributed by atoms with Gasteiger partial charge in [0, 0.05) is 23.5 Å². The van der Waals surface area contributed by atoms with Crippen molar-refractivity contribution in [2.75, 3.05) is 13.1 Å². The summed E-state index contributed by atoms with van der Waals surface area (Å²) in [7, 11) is 0. The molecule has 6 nitrogen and oxygen atoms in total. The topological polar surface area (TPSA) is 87.3 Å². The minimum Gasteiger partial charge on any atom is -0.354 e. The number of benzene rings is 1. The Kier molecular flexibility index (Phi) is 5.32. The van der Waals surface area contributed by atoms with Gasteiger partial charge in [-0.3, -0.25) is 14.4 Å². The third-order valence-electron chi connectivity index (χ3n) is 3.16. The maximum Gasteiger partial charge on any atom is 0.252 e. The largest absolute Gasteiger partial charge is 0.354 e. The summed E-state index contributed by atoms with van der Waals surface area (Å²) in [5.41, 5.74) is 0.482. The van der Waals surface area contributed by atoms with E-state index in [4.69, 9.17) is 0 Å². The summed E-state index contributed by atoms with van der Waals surface area (Å²) in [5.74, 6) is -0.575. The van der Waals surface area contributed by atoms with Gasteiger partial charge in [0.1, 0.15) is 0 Å². The van der Waals surface area contributed by atoms with Crippen molar-refractivity contribution in [3.63, 3.8) is 0 Å². The van der Waals surface area contributed by atoms with Crippen molar-refractivity contribution in [1.82, 2.24) is 16.0 Å². The van der Waals surface area contributed by atoms with Gasteiger partial charge in [-0.1, -0.05) is 12.1 Å². The van der Waals surface area contributed by atoms with E-state index in [0.717, 1.165) is 0 Å². The van der Waals surface area contributed by atoms with Crippen LogP contribution in [0.25, 0.3) is 0 Å². The lowest BCUT2D eigenvalue weighted by Gasteiger charge is -2.23. The molecule has 7 heteroatoms. The Bertz CT molecular complexity index is 552. The molecule has 1 fully saturated rings. The maximum atomic E-state index is 11.9. The van der Waals surface area contributed by atoms with E-state index in [1.165, 1.54) is 0 Å². The van der Waals surface area contributed by atoms with E-state index in [2.05, 4.69) is 31.9 Å². The number of halogens is 1. The summed E-state index contributed by atoms with van der Waals surface area (Å²) < 4.78 is 0.679. The first-order valence-electron chi connectivity index (χ1n) is 6.65. The van der Waals surface area contributed by atoms with Gasteiger partial charge < -0.3 is 16.0 Å². The average Bonchev–Trinajstić information content (AvgIpc) is 2.48. The number of carbonyl (C=O) groups excluding carboxylic acids is 3. The Labute approximate surface area is 130 Å². The number of hydrogen-bond donors (Lipinski definition) is 3. The number of nitrogens with one attached hydrogen (secondary N) is 3. The van der Waals surface area contributed by atoms with E-state index >= 15 is 0 Å². The van der Waals surface area contributed by atoms with E-state index in [0.29, 0.717) is 29.4 Å². The predicted molar refractivity (Wildman–Crippen MR) is 80.6 cm³/mol. The van der Waals surface area contributed by atoms with Gasteiger partial charge in [0.25, 0.3) is 5.91 Å². The van der Waals surface area contributed by atoms with Crippen molar-refractivity contribution in [3.8, 4) is 0 Å². The third-order valence-corrected chi connectivity index (χ3v) is 3.85. The lowest BCUT2D eigenvalue weighted by molar-refractivity contribution is -0.125. The van der Waals surface area contributed by atoms with Gasteiger partial charge in [-0.15, -0.1) is 0 Å². The molecule has 0 bridgehead atoms. The van der Waals surface area contributed by atoms with Crippen LogP contribution in [0.2, 0.25) is 0 Å². The van der Waals surface area contributed by atoms with Gasteiger partial charge in [-0.05, 0) is 34.5 Å². The molecule has 1 aromatic rings. The summed E-state index contributed by atoms with van der Waals surface area (Å²) in [5, 5.41) is 8.04. The molecular formula is C14H16BrN3O3. The highest BCUT2D eigenvalue weighted by Gasteiger charge is 2.19. The highest BCUT2D eigenvalue weighted by atomic mass is 79.9. The molecule has 2 rings (SSSR count). The summed E-state index contributed by atoms with van der Waals surface area (Å²) in [6, 6.07) is 6.93. The monoisotopic (exact) mass is 353 g/mol. The second kappa shape index (κ2) is 7.21. The van der Waals surface area contributed by atoms with E-state index in [1.807, 2.05) is 6.07 Å². The lowest BCUT2D eigenvalue weighted by Crippen LogP contribution is -2.50. The first-order valence-corrected chi connectivity index (χ1v) is 7.44. The molecule has 1 aliphatic rings. The maximum absolute atomic E-state index is 11.9.